The molecule has 0 saturated carbocycles. The van der Waals surface area contributed by atoms with Gasteiger partial charge in [0.05, 0.1) is 19.8 Å². The summed E-state index contributed by atoms with van der Waals surface area (Å²) in [4.78, 5) is 48.3. The summed E-state index contributed by atoms with van der Waals surface area (Å²) >= 11 is 0. The first-order valence-corrected chi connectivity index (χ1v) is 28.4. The molecule has 0 saturated heterocycles. The SMILES string of the molecule is CCCCCC/C=C\CCCCCCCC(=O)OCC(COP(=O)(O)OCC(CO)OC(=O)CCCCCCC/C=C\CCCCCC)OC(=O)CCCCCCC/C=C\CCCCCC. The quantitative estimate of drug-likeness (QED) is 0.0197. The molecule has 0 aromatic carbocycles. The lowest BCUT2D eigenvalue weighted by Crippen LogP contribution is -2.30. The number of phosphoric acid groups is 1. The number of hydrogen-bond donors (Lipinski definition) is 2. The number of hydrogen-bond acceptors (Lipinski definition) is 10. The maximum atomic E-state index is 12.8. The molecule has 3 unspecified atom stereocenters. The number of rotatable bonds is 50. The van der Waals surface area contributed by atoms with Crippen molar-refractivity contribution in [1.29, 1.82) is 0 Å². The molecule has 0 spiro atoms. The van der Waals surface area contributed by atoms with Gasteiger partial charge in [-0.3, -0.25) is 23.4 Å². The van der Waals surface area contributed by atoms with Crippen molar-refractivity contribution in [2.24, 2.45) is 0 Å². The van der Waals surface area contributed by atoms with Crippen LogP contribution in [-0.4, -0.2) is 66.5 Å². The topological polar surface area (TPSA) is 155 Å². The summed E-state index contributed by atoms with van der Waals surface area (Å²) in [5.74, 6) is -1.48. The molecule has 0 aromatic rings. The lowest BCUT2D eigenvalue weighted by Gasteiger charge is -2.21. The zero-order valence-electron chi connectivity index (χ0n) is 42.4. The first-order valence-electron chi connectivity index (χ1n) is 26.9. The van der Waals surface area contributed by atoms with Crippen LogP contribution in [0.5, 0.6) is 0 Å². The number of aliphatic hydroxyl groups excluding tert-OH is 1. The van der Waals surface area contributed by atoms with E-state index < -0.39 is 57.8 Å². The van der Waals surface area contributed by atoms with Crippen molar-refractivity contribution >= 4 is 25.7 Å². The normalized spacial score (nSPS) is 13.7. The van der Waals surface area contributed by atoms with Crippen LogP contribution in [0.1, 0.15) is 252 Å². The van der Waals surface area contributed by atoms with Crippen molar-refractivity contribution in [2.75, 3.05) is 26.4 Å². The molecule has 0 amide bonds. The van der Waals surface area contributed by atoms with E-state index >= 15 is 0 Å². The van der Waals surface area contributed by atoms with Gasteiger partial charge in [-0.2, -0.15) is 0 Å². The zero-order chi connectivity index (χ0) is 48.4. The van der Waals surface area contributed by atoms with Gasteiger partial charge in [0, 0.05) is 19.3 Å². The fourth-order valence-electron chi connectivity index (χ4n) is 7.34. The van der Waals surface area contributed by atoms with Crippen molar-refractivity contribution in [3.8, 4) is 0 Å². The van der Waals surface area contributed by atoms with Gasteiger partial charge >= 0.3 is 25.7 Å². The van der Waals surface area contributed by atoms with Crippen molar-refractivity contribution in [3.63, 3.8) is 0 Å². The van der Waals surface area contributed by atoms with Crippen LogP contribution in [0.15, 0.2) is 36.5 Å². The van der Waals surface area contributed by atoms with Crippen molar-refractivity contribution in [3.05, 3.63) is 36.5 Å². The predicted molar refractivity (Wildman–Crippen MR) is 270 cm³/mol. The van der Waals surface area contributed by atoms with Crippen molar-refractivity contribution in [1.82, 2.24) is 0 Å². The van der Waals surface area contributed by atoms with E-state index in [1.165, 1.54) is 77.0 Å². The van der Waals surface area contributed by atoms with E-state index in [4.69, 9.17) is 23.3 Å². The Morgan fingerprint density at radius 1 is 0.409 bits per heavy atom. The van der Waals surface area contributed by atoms with Gasteiger partial charge in [-0.1, -0.05) is 173 Å². The predicted octanol–water partition coefficient (Wildman–Crippen LogP) is 15.3. The van der Waals surface area contributed by atoms with Gasteiger partial charge < -0.3 is 24.2 Å². The van der Waals surface area contributed by atoms with E-state index in [2.05, 4.69) is 57.2 Å². The number of ether oxygens (including phenoxy) is 3. The highest BCUT2D eigenvalue weighted by molar-refractivity contribution is 7.47. The molecule has 66 heavy (non-hydrogen) atoms. The van der Waals surface area contributed by atoms with E-state index in [1.807, 2.05) is 0 Å². The van der Waals surface area contributed by atoms with Crippen LogP contribution in [0.4, 0.5) is 0 Å². The molecule has 0 aliphatic rings. The number of esters is 3. The second kappa shape index (κ2) is 49.1. The fraction of sp³-hybridized carbons (Fsp3) is 0.833. The summed E-state index contributed by atoms with van der Waals surface area (Å²) in [7, 11) is -4.74. The molecule has 386 valence electrons. The van der Waals surface area contributed by atoms with Crippen LogP contribution in [0.25, 0.3) is 0 Å². The Bertz CT molecular complexity index is 1250. The van der Waals surface area contributed by atoms with Crippen LogP contribution >= 0.6 is 7.82 Å². The molecule has 0 fully saturated rings. The molecule has 0 rings (SSSR count). The molecule has 0 aromatic heterocycles. The van der Waals surface area contributed by atoms with Crippen molar-refractivity contribution in [2.45, 2.75) is 264 Å². The maximum absolute atomic E-state index is 12.8. The highest BCUT2D eigenvalue weighted by Gasteiger charge is 2.28. The van der Waals surface area contributed by atoms with E-state index in [1.54, 1.807) is 0 Å². The minimum atomic E-state index is -4.74. The minimum Gasteiger partial charge on any atom is -0.462 e. The minimum absolute atomic E-state index is 0.157. The summed E-state index contributed by atoms with van der Waals surface area (Å²) < 4.78 is 39.4. The Morgan fingerprint density at radius 3 is 1.05 bits per heavy atom. The van der Waals surface area contributed by atoms with Gasteiger partial charge in [0.1, 0.15) is 12.7 Å². The Hall–Kier alpha value is -2.30. The Kier molecular flexibility index (Phi) is 47.4. The molecule has 0 aliphatic carbocycles. The molecule has 0 aliphatic heterocycles. The number of aliphatic hydroxyl groups is 1. The number of unbranched alkanes of at least 4 members (excludes halogenated alkanes) is 27. The van der Waals surface area contributed by atoms with Crippen LogP contribution in [-0.2, 0) is 42.2 Å². The third-order valence-corrected chi connectivity index (χ3v) is 12.5. The second-order valence-corrected chi connectivity index (χ2v) is 19.5. The summed E-state index contributed by atoms with van der Waals surface area (Å²) in [5.41, 5.74) is 0. The zero-order valence-corrected chi connectivity index (χ0v) is 43.3. The summed E-state index contributed by atoms with van der Waals surface area (Å²) in [6.45, 7) is 4.58. The summed E-state index contributed by atoms with van der Waals surface area (Å²) in [5, 5.41) is 9.77. The molecule has 2 N–H and O–H groups in total. The van der Waals surface area contributed by atoms with Gasteiger partial charge in [0.15, 0.2) is 6.10 Å². The molecule has 0 heterocycles. The number of allylic oxidation sites excluding steroid dienone is 6. The first-order chi connectivity index (χ1) is 32.2. The lowest BCUT2D eigenvalue weighted by atomic mass is 10.1. The third-order valence-electron chi connectivity index (χ3n) is 11.5. The van der Waals surface area contributed by atoms with Crippen LogP contribution in [0.3, 0.4) is 0 Å². The van der Waals surface area contributed by atoms with Gasteiger partial charge in [-0.05, 0) is 96.3 Å². The van der Waals surface area contributed by atoms with E-state index in [-0.39, 0.29) is 25.9 Å². The maximum Gasteiger partial charge on any atom is 0.472 e. The van der Waals surface area contributed by atoms with Gasteiger partial charge in [0.2, 0.25) is 0 Å². The van der Waals surface area contributed by atoms with Crippen LogP contribution in [0, 0.1) is 0 Å². The number of carbonyl (C=O) groups excluding carboxylic acids is 3. The molecular weight excluding hydrogens is 856 g/mol. The highest BCUT2D eigenvalue weighted by atomic mass is 31.2. The fourth-order valence-corrected chi connectivity index (χ4v) is 8.12. The standard InChI is InChI=1S/C54H99O11P/c1-4-7-10-13-16-19-22-25-28-31-34-37-40-43-52(56)61-47-51(65-54(58)45-42-39-36-33-30-27-24-21-18-15-12-9-6-3)49-63-66(59,60)62-48-50(46-55)64-53(57)44-41-38-35-32-29-26-23-20-17-14-11-8-5-2/h19-24,50-51,55H,4-18,25-49H2,1-3H3,(H,59,60)/b22-19-,23-20-,24-21-. The second-order valence-electron chi connectivity index (χ2n) is 18.0. The molecule has 0 bridgehead atoms. The molecule has 12 heteroatoms. The lowest BCUT2D eigenvalue weighted by molar-refractivity contribution is -0.161. The molecule has 0 radical (unpaired) electrons. The Labute approximate surface area is 403 Å². The largest absolute Gasteiger partial charge is 0.472 e. The van der Waals surface area contributed by atoms with E-state index in [9.17, 15) is 28.9 Å². The Balaban J connectivity index is 4.74. The summed E-state index contributed by atoms with van der Waals surface area (Å²) in [6, 6.07) is 0. The molecule has 3 atom stereocenters. The average molecular weight is 955 g/mol. The van der Waals surface area contributed by atoms with Crippen LogP contribution < -0.4 is 0 Å². The van der Waals surface area contributed by atoms with E-state index in [0.717, 1.165) is 116 Å². The van der Waals surface area contributed by atoms with Crippen LogP contribution in [0.2, 0.25) is 0 Å². The number of phosphoric ester groups is 1. The molecule has 11 nitrogen and oxygen atoms in total. The smallest absolute Gasteiger partial charge is 0.462 e. The van der Waals surface area contributed by atoms with Crippen molar-refractivity contribution < 1.29 is 52.2 Å². The van der Waals surface area contributed by atoms with E-state index in [0.29, 0.717) is 19.3 Å². The third kappa shape index (κ3) is 46.8. The highest BCUT2D eigenvalue weighted by Crippen LogP contribution is 2.43. The summed E-state index contributed by atoms with van der Waals surface area (Å²) in [6.07, 6.45) is 48.2. The monoisotopic (exact) mass is 955 g/mol. The average Bonchev–Trinajstić information content (AvgIpc) is 3.30. The van der Waals surface area contributed by atoms with Gasteiger partial charge in [0.25, 0.3) is 0 Å². The molecular formula is C54H99O11P. The Morgan fingerprint density at radius 2 is 0.697 bits per heavy atom. The number of carbonyl (C=O) groups is 3. The van der Waals surface area contributed by atoms with Gasteiger partial charge in [-0.25, -0.2) is 4.57 Å². The first kappa shape index (κ1) is 63.7. The van der Waals surface area contributed by atoms with Gasteiger partial charge in [-0.15, -0.1) is 0 Å².